The minimum atomic E-state index is -0.284. The van der Waals surface area contributed by atoms with Crippen molar-refractivity contribution in [1.29, 1.82) is 0 Å². The van der Waals surface area contributed by atoms with Gasteiger partial charge in [-0.15, -0.1) is 11.3 Å². The molecular formula is C20H21N5O2S. The number of aromatic nitrogens is 2. The van der Waals surface area contributed by atoms with Crippen molar-refractivity contribution < 1.29 is 9.59 Å². The molecule has 0 spiro atoms. The Morgan fingerprint density at radius 2 is 2.18 bits per heavy atom. The van der Waals surface area contributed by atoms with E-state index in [1.165, 1.54) is 11.3 Å². The molecule has 1 atom stereocenters. The second-order valence-corrected chi connectivity index (χ2v) is 7.80. The van der Waals surface area contributed by atoms with E-state index >= 15 is 0 Å². The highest BCUT2D eigenvalue weighted by atomic mass is 32.1. The topological polar surface area (TPSA) is 101 Å². The number of anilines is 1. The maximum absolute atomic E-state index is 12.9. The Labute approximate surface area is 166 Å². The standard InChI is InChI=1S/C20H21N5O2S/c21-18(26)6-9-25-8-5-13(12-25)17-11-15(14-3-1-2-4-16(14)23-17)19(27)24-20-22-7-10-28-20/h1-4,7,10-11,13H,5-6,8-9,12H2,(H2,21,26)(H,22,24,27)/t13-/m1/s1. The lowest BCUT2D eigenvalue weighted by Crippen LogP contribution is -2.26. The van der Waals surface area contributed by atoms with E-state index in [1.807, 2.05) is 35.7 Å². The van der Waals surface area contributed by atoms with Gasteiger partial charge in [0.2, 0.25) is 5.91 Å². The predicted molar refractivity (Wildman–Crippen MR) is 109 cm³/mol. The zero-order valence-corrected chi connectivity index (χ0v) is 16.1. The van der Waals surface area contributed by atoms with E-state index in [-0.39, 0.29) is 17.7 Å². The summed E-state index contributed by atoms with van der Waals surface area (Å²) in [7, 11) is 0. The molecule has 0 aliphatic carbocycles. The van der Waals surface area contributed by atoms with Gasteiger partial charge >= 0.3 is 0 Å². The number of hydrogen-bond acceptors (Lipinski definition) is 6. The third kappa shape index (κ3) is 4.02. The lowest BCUT2D eigenvalue weighted by Gasteiger charge is -2.16. The summed E-state index contributed by atoms with van der Waals surface area (Å²) >= 11 is 1.39. The number of amides is 2. The first-order chi connectivity index (χ1) is 13.6. The highest BCUT2D eigenvalue weighted by Gasteiger charge is 2.26. The number of nitrogens with one attached hydrogen (secondary N) is 1. The van der Waals surface area contributed by atoms with Crippen molar-refractivity contribution in [2.24, 2.45) is 5.73 Å². The number of nitrogens with two attached hydrogens (primary N) is 1. The molecule has 0 radical (unpaired) electrons. The third-order valence-electron chi connectivity index (χ3n) is 5.00. The lowest BCUT2D eigenvalue weighted by molar-refractivity contribution is -0.118. The van der Waals surface area contributed by atoms with Crippen LogP contribution in [0, 0.1) is 0 Å². The quantitative estimate of drug-likeness (QED) is 0.668. The fourth-order valence-corrected chi connectivity index (χ4v) is 4.11. The van der Waals surface area contributed by atoms with Gasteiger partial charge in [0, 0.05) is 48.1 Å². The first-order valence-corrected chi connectivity index (χ1v) is 10.1. The largest absolute Gasteiger partial charge is 0.370 e. The number of pyridine rings is 1. The van der Waals surface area contributed by atoms with Crippen LogP contribution in [0.4, 0.5) is 5.13 Å². The highest BCUT2D eigenvalue weighted by molar-refractivity contribution is 7.13. The van der Waals surface area contributed by atoms with Gasteiger partial charge in [0.25, 0.3) is 5.91 Å². The molecule has 3 aromatic rings. The van der Waals surface area contributed by atoms with Gasteiger partial charge in [-0.3, -0.25) is 19.9 Å². The molecule has 1 fully saturated rings. The van der Waals surface area contributed by atoms with Crippen LogP contribution in [-0.4, -0.2) is 46.3 Å². The van der Waals surface area contributed by atoms with Crippen LogP contribution >= 0.6 is 11.3 Å². The molecule has 1 saturated heterocycles. The zero-order valence-electron chi connectivity index (χ0n) is 15.3. The summed E-state index contributed by atoms with van der Waals surface area (Å²) in [5.74, 6) is -0.240. The molecule has 3 N–H and O–H groups in total. The molecule has 0 saturated carbocycles. The number of thiazole rings is 1. The molecule has 8 heteroatoms. The average molecular weight is 395 g/mol. The number of rotatable bonds is 6. The molecule has 28 heavy (non-hydrogen) atoms. The maximum atomic E-state index is 12.9. The van der Waals surface area contributed by atoms with Gasteiger partial charge in [0.05, 0.1) is 11.1 Å². The van der Waals surface area contributed by atoms with Crippen molar-refractivity contribution >= 4 is 39.2 Å². The van der Waals surface area contributed by atoms with Crippen molar-refractivity contribution in [3.63, 3.8) is 0 Å². The molecule has 1 aliphatic rings. The van der Waals surface area contributed by atoms with E-state index in [0.717, 1.165) is 36.1 Å². The van der Waals surface area contributed by atoms with Crippen LogP contribution in [0.5, 0.6) is 0 Å². The Kier molecular flexibility index (Phi) is 5.31. The molecule has 0 bridgehead atoms. The number of nitrogens with zero attached hydrogens (tertiary/aromatic N) is 3. The summed E-state index contributed by atoms with van der Waals surface area (Å²) in [4.78, 5) is 35.1. The molecule has 144 valence electrons. The van der Waals surface area contributed by atoms with E-state index < -0.39 is 0 Å². The molecule has 1 aliphatic heterocycles. The summed E-state index contributed by atoms with van der Waals surface area (Å²) in [6.07, 6.45) is 2.96. The number of carbonyl (C=O) groups excluding carboxylic acids is 2. The molecule has 2 amide bonds. The molecular weight excluding hydrogens is 374 g/mol. The summed E-state index contributed by atoms with van der Waals surface area (Å²) in [6, 6.07) is 9.57. The minimum Gasteiger partial charge on any atom is -0.370 e. The average Bonchev–Trinajstić information content (AvgIpc) is 3.37. The molecule has 4 rings (SSSR count). The zero-order chi connectivity index (χ0) is 19.5. The van der Waals surface area contributed by atoms with Gasteiger partial charge in [-0.2, -0.15) is 0 Å². The smallest absolute Gasteiger partial charge is 0.258 e. The summed E-state index contributed by atoms with van der Waals surface area (Å²) < 4.78 is 0. The first kappa shape index (κ1) is 18.5. The van der Waals surface area contributed by atoms with E-state index in [1.54, 1.807) is 6.20 Å². The van der Waals surface area contributed by atoms with Crippen LogP contribution in [0.3, 0.4) is 0 Å². The first-order valence-electron chi connectivity index (χ1n) is 9.21. The molecule has 1 aromatic carbocycles. The second kappa shape index (κ2) is 8.04. The van der Waals surface area contributed by atoms with E-state index in [9.17, 15) is 9.59 Å². The van der Waals surface area contributed by atoms with Crippen LogP contribution in [0.15, 0.2) is 41.9 Å². The fraction of sp³-hybridized carbons (Fsp3) is 0.300. The van der Waals surface area contributed by atoms with Crippen molar-refractivity contribution in [2.45, 2.75) is 18.8 Å². The van der Waals surface area contributed by atoms with Crippen molar-refractivity contribution in [3.05, 3.63) is 53.2 Å². The Morgan fingerprint density at radius 3 is 2.96 bits per heavy atom. The van der Waals surface area contributed by atoms with Gasteiger partial charge in [-0.25, -0.2) is 4.98 Å². The summed E-state index contributed by atoms with van der Waals surface area (Å²) in [5, 5.41) is 6.09. The Balaban J connectivity index is 1.61. The van der Waals surface area contributed by atoms with Crippen molar-refractivity contribution in [3.8, 4) is 0 Å². The maximum Gasteiger partial charge on any atom is 0.258 e. The van der Waals surface area contributed by atoms with Gasteiger partial charge in [0.1, 0.15) is 0 Å². The SMILES string of the molecule is NC(=O)CCN1CC[C@@H](c2cc(C(=O)Nc3nccs3)c3ccccc3n2)C1. The Morgan fingerprint density at radius 1 is 1.32 bits per heavy atom. The third-order valence-corrected chi connectivity index (χ3v) is 5.69. The van der Waals surface area contributed by atoms with E-state index in [2.05, 4.69) is 15.2 Å². The summed E-state index contributed by atoms with van der Waals surface area (Å²) in [6.45, 7) is 2.37. The van der Waals surface area contributed by atoms with Crippen LogP contribution in [0.25, 0.3) is 10.9 Å². The number of hydrogen-bond donors (Lipinski definition) is 2. The minimum absolute atomic E-state index is 0.182. The van der Waals surface area contributed by atoms with Gasteiger partial charge < -0.3 is 10.6 Å². The van der Waals surface area contributed by atoms with Gasteiger partial charge in [-0.1, -0.05) is 18.2 Å². The van der Waals surface area contributed by atoms with Gasteiger partial charge in [-0.05, 0) is 25.1 Å². The fourth-order valence-electron chi connectivity index (χ4n) is 3.59. The van der Waals surface area contributed by atoms with Crippen LogP contribution < -0.4 is 11.1 Å². The number of para-hydroxylation sites is 1. The normalized spacial score (nSPS) is 17.1. The number of benzene rings is 1. The molecule has 7 nitrogen and oxygen atoms in total. The van der Waals surface area contributed by atoms with E-state index in [0.29, 0.717) is 23.7 Å². The van der Waals surface area contributed by atoms with Crippen LogP contribution in [0.2, 0.25) is 0 Å². The summed E-state index contributed by atoms with van der Waals surface area (Å²) in [5.41, 5.74) is 7.58. The number of likely N-dealkylation sites (tertiary alicyclic amines) is 1. The number of carbonyl (C=O) groups is 2. The van der Waals surface area contributed by atoms with E-state index in [4.69, 9.17) is 10.7 Å². The molecule has 3 heterocycles. The number of fused-ring (bicyclic) bond motifs is 1. The van der Waals surface area contributed by atoms with Crippen molar-refractivity contribution in [2.75, 3.05) is 25.0 Å². The second-order valence-electron chi connectivity index (χ2n) is 6.91. The number of primary amides is 1. The molecule has 0 unspecified atom stereocenters. The highest BCUT2D eigenvalue weighted by Crippen LogP contribution is 2.29. The van der Waals surface area contributed by atoms with Gasteiger partial charge in [0.15, 0.2) is 5.13 Å². The Hall–Kier alpha value is -2.84. The monoisotopic (exact) mass is 395 g/mol. The van der Waals surface area contributed by atoms with Crippen LogP contribution in [-0.2, 0) is 4.79 Å². The Bertz CT molecular complexity index is 1010. The lowest BCUT2D eigenvalue weighted by atomic mass is 9.99. The predicted octanol–water partition coefficient (Wildman–Crippen LogP) is 2.61. The van der Waals surface area contributed by atoms with Crippen LogP contribution in [0.1, 0.15) is 34.8 Å². The van der Waals surface area contributed by atoms with Crippen molar-refractivity contribution in [1.82, 2.24) is 14.9 Å². The molecule has 2 aromatic heterocycles.